The van der Waals surface area contributed by atoms with Gasteiger partial charge in [-0.1, -0.05) is 62.4 Å². The number of fused-ring (bicyclic) bond motifs is 3. The van der Waals surface area contributed by atoms with E-state index in [-0.39, 0.29) is 19.1 Å². The molecule has 7 heteroatoms. The summed E-state index contributed by atoms with van der Waals surface area (Å²) < 4.78 is 7.15. The fraction of sp³-hybridized carbons (Fsp3) is 0.320. The quantitative estimate of drug-likeness (QED) is 0.560. The largest absolute Gasteiger partial charge is 0.480 e. The van der Waals surface area contributed by atoms with Gasteiger partial charge in [0.05, 0.1) is 12.2 Å². The number of nitrogens with one attached hydrogen (secondary N) is 1. The first-order valence-corrected chi connectivity index (χ1v) is 10.9. The van der Waals surface area contributed by atoms with Crippen LogP contribution in [-0.4, -0.2) is 39.6 Å². The first-order chi connectivity index (χ1) is 15.5. The number of benzene rings is 2. The molecule has 1 amide bonds. The molecule has 3 aromatic rings. The fourth-order valence-electron chi connectivity index (χ4n) is 4.27. The maximum atomic E-state index is 12.5. The van der Waals surface area contributed by atoms with Gasteiger partial charge >= 0.3 is 12.1 Å². The summed E-state index contributed by atoms with van der Waals surface area (Å²) in [6.07, 6.45) is 0.738. The Morgan fingerprint density at radius 3 is 2.25 bits per heavy atom. The summed E-state index contributed by atoms with van der Waals surface area (Å²) in [5, 5.41) is 16.6. The number of aliphatic carboxylic acids is 1. The van der Waals surface area contributed by atoms with E-state index in [0.717, 1.165) is 46.5 Å². The van der Waals surface area contributed by atoms with Crippen molar-refractivity contribution in [2.45, 2.75) is 45.2 Å². The van der Waals surface area contributed by atoms with Crippen molar-refractivity contribution in [1.29, 1.82) is 0 Å². The van der Waals surface area contributed by atoms with E-state index >= 15 is 0 Å². The number of nitrogens with zero attached hydrogens (tertiary/aromatic N) is 2. The third-order valence-corrected chi connectivity index (χ3v) is 5.93. The molecular formula is C25H27N3O4. The highest BCUT2D eigenvalue weighted by molar-refractivity contribution is 5.81. The van der Waals surface area contributed by atoms with Crippen molar-refractivity contribution in [1.82, 2.24) is 15.1 Å². The van der Waals surface area contributed by atoms with E-state index < -0.39 is 18.1 Å². The van der Waals surface area contributed by atoms with Crippen molar-refractivity contribution in [3.63, 3.8) is 0 Å². The number of ether oxygens (including phenoxy) is 1. The van der Waals surface area contributed by atoms with Gasteiger partial charge in [0, 0.05) is 11.6 Å². The zero-order valence-corrected chi connectivity index (χ0v) is 18.2. The monoisotopic (exact) mass is 433 g/mol. The molecule has 1 aliphatic carbocycles. The van der Waals surface area contributed by atoms with Crippen LogP contribution >= 0.6 is 0 Å². The van der Waals surface area contributed by atoms with E-state index in [1.807, 2.05) is 56.3 Å². The molecule has 1 aromatic heterocycles. The van der Waals surface area contributed by atoms with Crippen LogP contribution in [0.3, 0.4) is 0 Å². The molecule has 4 rings (SSSR count). The number of carbonyl (C=O) groups excluding carboxylic acids is 1. The molecule has 0 radical (unpaired) electrons. The molecular weight excluding hydrogens is 406 g/mol. The second kappa shape index (κ2) is 9.26. The lowest BCUT2D eigenvalue weighted by molar-refractivity contribution is -0.139. The van der Waals surface area contributed by atoms with Gasteiger partial charge in [-0.3, -0.25) is 4.68 Å². The topological polar surface area (TPSA) is 93.5 Å². The predicted octanol–water partition coefficient (Wildman–Crippen LogP) is 4.00. The number of carboxylic acid groups (broad SMARTS) is 1. The Bertz CT molecular complexity index is 1090. The van der Waals surface area contributed by atoms with E-state index in [2.05, 4.69) is 22.5 Å². The molecule has 1 aliphatic rings. The molecule has 0 spiro atoms. The van der Waals surface area contributed by atoms with E-state index in [1.54, 1.807) is 4.68 Å². The Morgan fingerprint density at radius 2 is 1.69 bits per heavy atom. The van der Waals surface area contributed by atoms with Crippen LogP contribution in [0, 0.1) is 0 Å². The SMILES string of the molecule is CCc1cc(CC)n(CC(NC(=O)OCC2c3ccccc3-c3ccccc32)C(=O)O)n1. The van der Waals surface area contributed by atoms with Crippen molar-refractivity contribution in [3.05, 3.63) is 77.1 Å². The van der Waals surface area contributed by atoms with Gasteiger partial charge in [-0.25, -0.2) is 9.59 Å². The normalized spacial score (nSPS) is 13.3. The van der Waals surface area contributed by atoms with Crippen LogP contribution in [-0.2, 0) is 28.9 Å². The number of hydrogen-bond donors (Lipinski definition) is 2. The van der Waals surface area contributed by atoms with Crippen LogP contribution in [0.5, 0.6) is 0 Å². The number of carboxylic acids is 1. The Hall–Kier alpha value is -3.61. The summed E-state index contributed by atoms with van der Waals surface area (Å²) in [5.41, 5.74) is 6.31. The average molecular weight is 434 g/mol. The minimum absolute atomic E-state index is 0.0443. The molecule has 1 atom stereocenters. The summed E-state index contributed by atoms with van der Waals surface area (Å²) in [6, 6.07) is 17.0. The van der Waals surface area contributed by atoms with Crippen molar-refractivity contribution in [2.24, 2.45) is 0 Å². The number of aromatic nitrogens is 2. The minimum Gasteiger partial charge on any atom is -0.480 e. The summed E-state index contributed by atoms with van der Waals surface area (Å²) in [4.78, 5) is 24.3. The predicted molar refractivity (Wildman–Crippen MR) is 121 cm³/mol. The number of aryl methyl sites for hydroxylation is 2. The van der Waals surface area contributed by atoms with Crippen LogP contribution in [0.15, 0.2) is 54.6 Å². The Kier molecular flexibility index (Phi) is 6.25. The molecule has 0 bridgehead atoms. The van der Waals surface area contributed by atoms with Crippen molar-refractivity contribution >= 4 is 12.1 Å². The van der Waals surface area contributed by atoms with E-state index in [0.29, 0.717) is 0 Å². The third kappa shape index (κ3) is 4.23. The number of alkyl carbamates (subject to hydrolysis) is 1. The molecule has 166 valence electrons. The zero-order valence-electron chi connectivity index (χ0n) is 18.2. The molecule has 7 nitrogen and oxygen atoms in total. The van der Waals surface area contributed by atoms with E-state index in [9.17, 15) is 14.7 Å². The lowest BCUT2D eigenvalue weighted by atomic mass is 9.98. The number of rotatable bonds is 8. The summed E-state index contributed by atoms with van der Waals surface area (Å²) in [5.74, 6) is -1.21. The van der Waals surface area contributed by atoms with Gasteiger partial charge in [-0.05, 0) is 41.2 Å². The van der Waals surface area contributed by atoms with Crippen LogP contribution in [0.4, 0.5) is 4.79 Å². The van der Waals surface area contributed by atoms with E-state index in [4.69, 9.17) is 4.74 Å². The second-order valence-electron chi connectivity index (χ2n) is 7.88. The lowest BCUT2D eigenvalue weighted by Crippen LogP contribution is -2.44. The highest BCUT2D eigenvalue weighted by atomic mass is 16.5. The standard InChI is InChI=1S/C25H27N3O4/c1-3-16-13-17(4-2)28(27-16)14-23(24(29)30)26-25(31)32-15-22-20-11-7-5-9-18(20)19-10-6-8-12-21(19)22/h5-13,22-23H,3-4,14-15H2,1-2H3,(H,26,31)(H,29,30). The smallest absolute Gasteiger partial charge is 0.407 e. The Morgan fingerprint density at radius 1 is 1.06 bits per heavy atom. The van der Waals surface area contributed by atoms with Crippen molar-refractivity contribution in [2.75, 3.05) is 6.61 Å². The first kappa shape index (κ1) is 21.6. The Balaban J connectivity index is 1.44. The minimum atomic E-state index is -1.14. The number of hydrogen-bond acceptors (Lipinski definition) is 4. The van der Waals surface area contributed by atoms with Gasteiger partial charge in [0.15, 0.2) is 0 Å². The molecule has 2 aromatic carbocycles. The van der Waals surface area contributed by atoms with Gasteiger partial charge in [0.2, 0.25) is 0 Å². The fourth-order valence-corrected chi connectivity index (χ4v) is 4.27. The van der Waals surface area contributed by atoms with Gasteiger partial charge < -0.3 is 15.2 Å². The van der Waals surface area contributed by atoms with Crippen LogP contribution in [0.25, 0.3) is 11.1 Å². The maximum Gasteiger partial charge on any atom is 0.407 e. The molecule has 1 heterocycles. The molecule has 32 heavy (non-hydrogen) atoms. The van der Waals surface area contributed by atoms with Crippen molar-refractivity contribution in [3.8, 4) is 11.1 Å². The molecule has 2 N–H and O–H groups in total. The highest BCUT2D eigenvalue weighted by Crippen LogP contribution is 2.44. The molecule has 0 fully saturated rings. The van der Waals surface area contributed by atoms with Crippen LogP contribution in [0.2, 0.25) is 0 Å². The van der Waals surface area contributed by atoms with Gasteiger partial charge in [-0.2, -0.15) is 5.10 Å². The molecule has 0 saturated carbocycles. The van der Waals surface area contributed by atoms with Crippen molar-refractivity contribution < 1.29 is 19.4 Å². The summed E-state index contributed by atoms with van der Waals surface area (Å²) >= 11 is 0. The lowest BCUT2D eigenvalue weighted by Gasteiger charge is -2.18. The van der Waals surface area contributed by atoms with Gasteiger partial charge in [0.25, 0.3) is 0 Å². The van der Waals surface area contributed by atoms with E-state index in [1.165, 1.54) is 0 Å². The summed E-state index contributed by atoms with van der Waals surface area (Å²) in [6.45, 7) is 4.16. The third-order valence-electron chi connectivity index (χ3n) is 5.93. The highest BCUT2D eigenvalue weighted by Gasteiger charge is 2.30. The molecule has 0 saturated heterocycles. The zero-order chi connectivity index (χ0) is 22.7. The Labute approximate surface area is 187 Å². The first-order valence-electron chi connectivity index (χ1n) is 10.9. The molecule has 0 aliphatic heterocycles. The van der Waals surface area contributed by atoms with Crippen LogP contribution in [0.1, 0.15) is 42.3 Å². The van der Waals surface area contributed by atoms with Gasteiger partial charge in [0.1, 0.15) is 12.6 Å². The summed E-state index contributed by atoms with van der Waals surface area (Å²) in [7, 11) is 0. The molecule has 1 unspecified atom stereocenters. The van der Waals surface area contributed by atoms with Gasteiger partial charge in [-0.15, -0.1) is 0 Å². The maximum absolute atomic E-state index is 12.5. The number of carbonyl (C=O) groups is 2. The average Bonchev–Trinajstić information content (AvgIpc) is 3.35. The van der Waals surface area contributed by atoms with Crippen LogP contribution < -0.4 is 5.32 Å². The number of amides is 1. The second-order valence-corrected chi connectivity index (χ2v) is 7.88.